The Kier molecular flexibility index (Phi) is 6.52. The van der Waals surface area contributed by atoms with E-state index in [1.165, 1.54) is 19.3 Å². The molecule has 1 heterocycles. The van der Waals surface area contributed by atoms with E-state index in [1.54, 1.807) is 0 Å². The van der Waals surface area contributed by atoms with Crippen LogP contribution in [0, 0.1) is 5.92 Å². The SMILES string of the molecule is CCCC1CC(NCC)CN(CCC(=O)O)C1. The first kappa shape index (κ1) is 14.5. The Morgan fingerprint density at radius 3 is 2.76 bits per heavy atom. The van der Waals surface area contributed by atoms with E-state index < -0.39 is 5.97 Å². The van der Waals surface area contributed by atoms with E-state index in [0.29, 0.717) is 12.6 Å². The number of hydrogen-bond acceptors (Lipinski definition) is 3. The molecule has 1 rings (SSSR count). The predicted molar refractivity (Wildman–Crippen MR) is 69.2 cm³/mol. The zero-order chi connectivity index (χ0) is 12.7. The van der Waals surface area contributed by atoms with Crippen LogP contribution in [0.5, 0.6) is 0 Å². The molecule has 0 spiro atoms. The average Bonchev–Trinajstić information content (AvgIpc) is 2.27. The minimum atomic E-state index is -0.692. The second kappa shape index (κ2) is 7.67. The van der Waals surface area contributed by atoms with E-state index in [2.05, 4.69) is 24.1 Å². The van der Waals surface area contributed by atoms with E-state index in [9.17, 15) is 4.79 Å². The zero-order valence-corrected chi connectivity index (χ0v) is 11.1. The predicted octanol–water partition coefficient (Wildman–Crippen LogP) is 1.56. The number of piperidine rings is 1. The average molecular weight is 242 g/mol. The molecule has 1 saturated heterocycles. The van der Waals surface area contributed by atoms with Crippen LogP contribution in [0.15, 0.2) is 0 Å². The van der Waals surface area contributed by atoms with Gasteiger partial charge < -0.3 is 15.3 Å². The van der Waals surface area contributed by atoms with Gasteiger partial charge in [-0.15, -0.1) is 0 Å². The van der Waals surface area contributed by atoms with Gasteiger partial charge in [-0.2, -0.15) is 0 Å². The van der Waals surface area contributed by atoms with Crippen molar-refractivity contribution < 1.29 is 9.90 Å². The molecule has 0 amide bonds. The normalized spacial score (nSPS) is 26.0. The highest BCUT2D eigenvalue weighted by Crippen LogP contribution is 2.21. The molecule has 100 valence electrons. The number of carboxylic acid groups (broad SMARTS) is 1. The molecule has 4 nitrogen and oxygen atoms in total. The molecule has 4 heteroatoms. The molecule has 2 unspecified atom stereocenters. The summed E-state index contributed by atoms with van der Waals surface area (Å²) < 4.78 is 0. The van der Waals surface area contributed by atoms with Crippen molar-refractivity contribution in [1.29, 1.82) is 0 Å². The van der Waals surface area contributed by atoms with Crippen molar-refractivity contribution in [3.8, 4) is 0 Å². The third-order valence-corrected chi connectivity index (χ3v) is 3.44. The van der Waals surface area contributed by atoms with Crippen molar-refractivity contribution in [2.75, 3.05) is 26.2 Å². The first-order chi connectivity index (χ1) is 8.15. The smallest absolute Gasteiger partial charge is 0.304 e. The van der Waals surface area contributed by atoms with Crippen LogP contribution in [0.1, 0.15) is 39.5 Å². The number of nitrogens with one attached hydrogen (secondary N) is 1. The Morgan fingerprint density at radius 2 is 2.18 bits per heavy atom. The molecular weight excluding hydrogens is 216 g/mol. The summed E-state index contributed by atoms with van der Waals surface area (Å²) >= 11 is 0. The molecule has 0 aromatic heterocycles. The topological polar surface area (TPSA) is 52.6 Å². The fourth-order valence-corrected chi connectivity index (χ4v) is 2.79. The first-order valence-corrected chi connectivity index (χ1v) is 6.83. The summed E-state index contributed by atoms with van der Waals surface area (Å²) in [5, 5.41) is 12.2. The summed E-state index contributed by atoms with van der Waals surface area (Å²) in [7, 11) is 0. The largest absolute Gasteiger partial charge is 0.481 e. The van der Waals surface area contributed by atoms with Gasteiger partial charge in [0.2, 0.25) is 0 Å². The van der Waals surface area contributed by atoms with E-state index in [0.717, 1.165) is 25.6 Å². The number of hydrogen-bond donors (Lipinski definition) is 2. The van der Waals surface area contributed by atoms with Crippen molar-refractivity contribution in [1.82, 2.24) is 10.2 Å². The minimum absolute atomic E-state index is 0.262. The number of likely N-dealkylation sites (tertiary alicyclic amines) is 1. The third-order valence-electron chi connectivity index (χ3n) is 3.44. The van der Waals surface area contributed by atoms with Crippen molar-refractivity contribution in [3.63, 3.8) is 0 Å². The maximum atomic E-state index is 10.6. The van der Waals surface area contributed by atoms with Crippen LogP contribution in [0.4, 0.5) is 0 Å². The lowest BCUT2D eigenvalue weighted by Crippen LogP contribution is -2.49. The van der Waals surface area contributed by atoms with Gasteiger partial charge in [0.15, 0.2) is 0 Å². The van der Waals surface area contributed by atoms with Crippen LogP contribution in [0.2, 0.25) is 0 Å². The summed E-state index contributed by atoms with van der Waals surface area (Å²) in [6, 6.07) is 0.541. The molecule has 1 fully saturated rings. The highest BCUT2D eigenvalue weighted by atomic mass is 16.4. The Bertz CT molecular complexity index is 219. The molecule has 2 N–H and O–H groups in total. The maximum absolute atomic E-state index is 10.6. The Labute approximate surface area is 104 Å². The Balaban J connectivity index is 2.42. The molecule has 17 heavy (non-hydrogen) atoms. The maximum Gasteiger partial charge on any atom is 0.304 e. The molecule has 0 aliphatic carbocycles. The van der Waals surface area contributed by atoms with E-state index >= 15 is 0 Å². The van der Waals surface area contributed by atoms with E-state index in [1.807, 2.05) is 0 Å². The Morgan fingerprint density at radius 1 is 1.41 bits per heavy atom. The summed E-state index contributed by atoms with van der Waals surface area (Å²) in [5.41, 5.74) is 0. The molecule has 0 radical (unpaired) electrons. The van der Waals surface area contributed by atoms with Gasteiger partial charge in [-0.3, -0.25) is 4.79 Å². The number of aliphatic carboxylic acids is 1. The quantitative estimate of drug-likeness (QED) is 0.711. The summed E-state index contributed by atoms with van der Waals surface area (Å²) in [6.07, 6.45) is 3.98. The van der Waals surface area contributed by atoms with Crippen molar-refractivity contribution in [3.05, 3.63) is 0 Å². The number of carboxylic acids is 1. The molecule has 0 aromatic carbocycles. The highest BCUT2D eigenvalue weighted by Gasteiger charge is 2.26. The lowest BCUT2D eigenvalue weighted by Gasteiger charge is -2.38. The second-order valence-corrected chi connectivity index (χ2v) is 5.05. The van der Waals surface area contributed by atoms with Crippen molar-refractivity contribution in [2.45, 2.75) is 45.6 Å². The van der Waals surface area contributed by atoms with Gasteiger partial charge >= 0.3 is 5.97 Å². The standard InChI is InChI=1S/C13H26N2O2/c1-3-5-11-8-12(14-4-2)10-15(9-11)7-6-13(16)17/h11-12,14H,3-10H2,1-2H3,(H,16,17). The molecule has 2 atom stereocenters. The van der Waals surface area contributed by atoms with Crippen LogP contribution in [-0.4, -0.2) is 48.2 Å². The molecule has 1 aliphatic rings. The second-order valence-electron chi connectivity index (χ2n) is 5.05. The van der Waals surface area contributed by atoms with Gasteiger partial charge in [0, 0.05) is 25.7 Å². The first-order valence-electron chi connectivity index (χ1n) is 6.83. The molecule has 1 aliphatic heterocycles. The number of nitrogens with zero attached hydrogens (tertiary/aromatic N) is 1. The monoisotopic (exact) mass is 242 g/mol. The van der Waals surface area contributed by atoms with E-state index in [-0.39, 0.29) is 6.42 Å². The highest BCUT2D eigenvalue weighted by molar-refractivity contribution is 5.66. The summed E-state index contributed by atoms with van der Waals surface area (Å²) in [6.45, 7) is 8.11. The van der Waals surface area contributed by atoms with Crippen LogP contribution in [-0.2, 0) is 4.79 Å². The fraction of sp³-hybridized carbons (Fsp3) is 0.923. The lowest BCUT2D eigenvalue weighted by molar-refractivity contribution is -0.137. The van der Waals surface area contributed by atoms with Gasteiger partial charge in [-0.05, 0) is 25.3 Å². The fourth-order valence-electron chi connectivity index (χ4n) is 2.79. The minimum Gasteiger partial charge on any atom is -0.481 e. The molecule has 0 saturated carbocycles. The van der Waals surface area contributed by atoms with Crippen molar-refractivity contribution >= 4 is 5.97 Å². The van der Waals surface area contributed by atoms with Crippen LogP contribution < -0.4 is 5.32 Å². The Hall–Kier alpha value is -0.610. The van der Waals surface area contributed by atoms with Gasteiger partial charge in [0.1, 0.15) is 0 Å². The molecule has 0 bridgehead atoms. The summed E-state index contributed by atoms with van der Waals surface area (Å²) in [4.78, 5) is 12.9. The lowest BCUT2D eigenvalue weighted by atomic mass is 9.90. The van der Waals surface area contributed by atoms with Gasteiger partial charge in [-0.1, -0.05) is 20.3 Å². The number of carbonyl (C=O) groups is 1. The summed E-state index contributed by atoms with van der Waals surface area (Å²) in [5.74, 6) is 0.0363. The van der Waals surface area contributed by atoms with Crippen LogP contribution in [0.25, 0.3) is 0 Å². The number of rotatable bonds is 7. The van der Waals surface area contributed by atoms with E-state index in [4.69, 9.17) is 5.11 Å². The van der Waals surface area contributed by atoms with Gasteiger partial charge in [0.05, 0.1) is 6.42 Å². The number of likely N-dealkylation sites (N-methyl/N-ethyl adjacent to an activating group) is 1. The van der Waals surface area contributed by atoms with Gasteiger partial charge in [-0.25, -0.2) is 0 Å². The van der Waals surface area contributed by atoms with Crippen LogP contribution in [0.3, 0.4) is 0 Å². The van der Waals surface area contributed by atoms with Crippen LogP contribution >= 0.6 is 0 Å². The third kappa shape index (κ3) is 5.50. The van der Waals surface area contributed by atoms with Gasteiger partial charge in [0.25, 0.3) is 0 Å². The van der Waals surface area contributed by atoms with Crippen molar-refractivity contribution in [2.24, 2.45) is 5.92 Å². The molecular formula is C13H26N2O2. The molecule has 0 aromatic rings. The zero-order valence-electron chi connectivity index (χ0n) is 11.1.